The molecule has 0 saturated carbocycles. The Morgan fingerprint density at radius 3 is 2.46 bits per heavy atom. The number of hydrogen-bond acceptors (Lipinski definition) is 1. The summed E-state index contributed by atoms with van der Waals surface area (Å²) in [5, 5.41) is 0.434. The first kappa shape index (κ1) is 12.0. The third-order valence-corrected chi connectivity index (χ3v) is 3.83. The molecule has 0 radical (unpaired) electrons. The van der Waals surface area contributed by atoms with Crippen LogP contribution in [0, 0.1) is 7.27 Å². The number of halogens is 5. The summed E-state index contributed by atoms with van der Waals surface area (Å²) in [7, 11) is 0. The quantitative estimate of drug-likeness (QED) is 0.358. The molecule has 0 N–H and O–H groups in total. The zero-order valence-electron chi connectivity index (χ0n) is 6.20. The van der Waals surface area contributed by atoms with Crippen LogP contribution in [-0.4, -0.2) is 4.98 Å². The van der Waals surface area contributed by atoms with Gasteiger partial charge in [-0.25, -0.2) is 13.8 Å². The minimum atomic E-state index is -2.46. The predicted octanol–water partition coefficient (Wildman–Crippen LogP) is 4.12. The molecule has 0 aromatic carbocycles. The maximum absolute atomic E-state index is 12.6. The van der Waals surface area contributed by atoms with Gasteiger partial charge >= 0.3 is 0 Å². The summed E-state index contributed by atoms with van der Waals surface area (Å²) in [6.45, 7) is 0. The molecule has 0 atom stereocenters. The van der Waals surface area contributed by atoms with Gasteiger partial charge in [-0.2, -0.15) is 0 Å². The van der Waals surface area contributed by atoms with E-state index >= 15 is 0 Å². The van der Waals surface area contributed by atoms with E-state index in [0.717, 1.165) is 3.57 Å². The highest BCUT2D eigenvalue weighted by Gasteiger charge is 2.19. The van der Waals surface area contributed by atoms with Gasteiger partial charge in [0.15, 0.2) is 0 Å². The summed E-state index contributed by atoms with van der Waals surface area (Å²) in [6, 6.07) is 0. The van der Waals surface area contributed by atoms with Crippen LogP contribution in [0.4, 0.5) is 8.78 Å². The molecule has 1 heterocycles. The molecule has 0 unspecified atom stereocenters. The average Bonchev–Trinajstić information content (AvgIpc) is 2.07. The second-order valence-electron chi connectivity index (χ2n) is 2.22. The number of hydrogen-bond donors (Lipinski definition) is 0. The number of aromatic nitrogens is 1. The molecule has 0 aliphatic rings. The molecular formula is C7H4BrF2I2N. The Hall–Kier alpha value is 0.950. The summed E-state index contributed by atoms with van der Waals surface area (Å²) in [5.74, 6) is 0. The molecule has 6 heteroatoms. The number of alkyl halides is 3. The third-order valence-electron chi connectivity index (χ3n) is 1.48. The van der Waals surface area contributed by atoms with Crippen LogP contribution in [0.5, 0.6) is 0 Å². The summed E-state index contributed by atoms with van der Waals surface area (Å²) in [6.07, 6.45) is -0.855. The van der Waals surface area contributed by atoms with E-state index in [1.165, 1.54) is 0 Å². The Labute approximate surface area is 110 Å². The summed E-state index contributed by atoms with van der Waals surface area (Å²) < 4.78 is 26.3. The van der Waals surface area contributed by atoms with Gasteiger partial charge < -0.3 is 0 Å². The molecule has 0 spiro atoms. The first-order valence-electron chi connectivity index (χ1n) is 3.24. The molecule has 0 amide bonds. The fourth-order valence-electron chi connectivity index (χ4n) is 0.872. The van der Waals surface area contributed by atoms with Crippen molar-refractivity contribution in [1.82, 2.24) is 4.98 Å². The summed E-state index contributed by atoms with van der Waals surface area (Å²) in [4.78, 5) is 3.89. The zero-order chi connectivity index (χ0) is 10.0. The summed E-state index contributed by atoms with van der Waals surface area (Å²) in [5.41, 5.74) is 0.680. The normalized spacial score (nSPS) is 10.9. The van der Waals surface area contributed by atoms with Crippen LogP contribution in [0.15, 0.2) is 6.20 Å². The third kappa shape index (κ3) is 2.71. The lowest BCUT2D eigenvalue weighted by Crippen LogP contribution is -2.01. The second-order valence-corrected chi connectivity index (χ2v) is 4.97. The van der Waals surface area contributed by atoms with Gasteiger partial charge in [0.05, 0.1) is 5.56 Å². The van der Waals surface area contributed by atoms with Crippen molar-refractivity contribution < 1.29 is 8.78 Å². The average molecular weight is 474 g/mol. The minimum absolute atomic E-state index is 0.0457. The standard InChI is InChI=1S/C7H4BrF2I2N/c8-1-3-4(11)2-13-7(12)5(3)6(9)10/h2,6H,1H2. The summed E-state index contributed by atoms with van der Waals surface area (Å²) >= 11 is 7.03. The van der Waals surface area contributed by atoms with E-state index in [1.807, 2.05) is 45.2 Å². The molecule has 13 heavy (non-hydrogen) atoms. The van der Waals surface area contributed by atoms with Crippen molar-refractivity contribution in [3.63, 3.8) is 0 Å². The molecule has 72 valence electrons. The van der Waals surface area contributed by atoms with E-state index in [4.69, 9.17) is 0 Å². The molecule has 0 saturated heterocycles. The topological polar surface area (TPSA) is 12.9 Å². The van der Waals surface area contributed by atoms with Gasteiger partial charge in [-0.1, -0.05) is 15.9 Å². The monoisotopic (exact) mass is 473 g/mol. The molecule has 0 fully saturated rings. The van der Waals surface area contributed by atoms with Gasteiger partial charge in [-0.05, 0) is 50.7 Å². The van der Waals surface area contributed by atoms with Crippen LogP contribution in [0.3, 0.4) is 0 Å². The molecular weight excluding hydrogens is 470 g/mol. The minimum Gasteiger partial charge on any atom is -0.249 e. The van der Waals surface area contributed by atoms with E-state index in [1.54, 1.807) is 6.20 Å². The largest absolute Gasteiger partial charge is 0.266 e. The highest BCUT2D eigenvalue weighted by Crippen LogP contribution is 2.30. The SMILES string of the molecule is FC(F)c1c(I)ncc(I)c1CBr. The van der Waals surface area contributed by atoms with Crippen molar-refractivity contribution in [2.45, 2.75) is 11.8 Å². The van der Waals surface area contributed by atoms with Crippen LogP contribution >= 0.6 is 61.1 Å². The van der Waals surface area contributed by atoms with Crippen LogP contribution in [0.2, 0.25) is 0 Å². The highest BCUT2D eigenvalue weighted by molar-refractivity contribution is 14.1. The lowest BCUT2D eigenvalue weighted by atomic mass is 10.2. The van der Waals surface area contributed by atoms with E-state index in [9.17, 15) is 8.78 Å². The van der Waals surface area contributed by atoms with Crippen LogP contribution < -0.4 is 0 Å². The fraction of sp³-hybridized carbons (Fsp3) is 0.286. The highest BCUT2D eigenvalue weighted by atomic mass is 127. The van der Waals surface area contributed by atoms with E-state index in [0.29, 0.717) is 14.6 Å². The Balaban J connectivity index is 3.35. The van der Waals surface area contributed by atoms with Gasteiger partial charge in [-0.15, -0.1) is 0 Å². The fourth-order valence-corrected chi connectivity index (χ4v) is 3.32. The van der Waals surface area contributed by atoms with E-state index < -0.39 is 6.43 Å². The number of nitrogens with zero attached hydrogens (tertiary/aromatic N) is 1. The van der Waals surface area contributed by atoms with Crippen LogP contribution in [0.25, 0.3) is 0 Å². The molecule has 1 aromatic heterocycles. The number of rotatable bonds is 2. The van der Waals surface area contributed by atoms with Crippen molar-refractivity contribution in [3.05, 3.63) is 24.6 Å². The van der Waals surface area contributed by atoms with Crippen LogP contribution in [-0.2, 0) is 5.33 Å². The van der Waals surface area contributed by atoms with Gasteiger partial charge in [0, 0.05) is 15.1 Å². The van der Waals surface area contributed by atoms with Crippen molar-refractivity contribution >= 4 is 61.1 Å². The van der Waals surface area contributed by atoms with Crippen molar-refractivity contribution in [2.75, 3.05) is 0 Å². The lowest BCUT2D eigenvalue weighted by molar-refractivity contribution is 0.149. The molecule has 1 aromatic rings. The van der Waals surface area contributed by atoms with Crippen molar-refractivity contribution in [2.24, 2.45) is 0 Å². The maximum Gasteiger partial charge on any atom is 0.266 e. The van der Waals surface area contributed by atoms with Crippen LogP contribution in [0.1, 0.15) is 17.6 Å². The van der Waals surface area contributed by atoms with Gasteiger partial charge in [-0.3, -0.25) is 0 Å². The molecule has 0 aliphatic heterocycles. The lowest BCUT2D eigenvalue weighted by Gasteiger charge is -2.09. The Bertz CT molecular complexity index is 320. The van der Waals surface area contributed by atoms with E-state index in [2.05, 4.69) is 20.9 Å². The zero-order valence-corrected chi connectivity index (χ0v) is 12.1. The first-order chi connectivity index (χ1) is 6.07. The molecule has 1 nitrogen and oxygen atoms in total. The molecule has 0 aliphatic carbocycles. The Morgan fingerprint density at radius 1 is 1.46 bits per heavy atom. The number of pyridine rings is 1. The van der Waals surface area contributed by atoms with Gasteiger partial charge in [0.25, 0.3) is 6.43 Å². The van der Waals surface area contributed by atoms with Crippen molar-refractivity contribution in [1.29, 1.82) is 0 Å². The van der Waals surface area contributed by atoms with Crippen molar-refractivity contribution in [3.8, 4) is 0 Å². The molecule has 1 rings (SSSR count). The van der Waals surface area contributed by atoms with E-state index in [-0.39, 0.29) is 5.56 Å². The van der Waals surface area contributed by atoms with Gasteiger partial charge in [0.2, 0.25) is 0 Å². The molecule has 0 bridgehead atoms. The first-order valence-corrected chi connectivity index (χ1v) is 6.52. The second kappa shape index (κ2) is 5.15. The predicted molar refractivity (Wildman–Crippen MR) is 67.3 cm³/mol. The Kier molecular flexibility index (Phi) is 4.76. The Morgan fingerprint density at radius 2 is 2.08 bits per heavy atom. The maximum atomic E-state index is 12.6. The van der Waals surface area contributed by atoms with Gasteiger partial charge in [0.1, 0.15) is 3.70 Å². The smallest absolute Gasteiger partial charge is 0.249 e.